The first-order valence-corrected chi connectivity index (χ1v) is 7.29. The number of carboxylic acid groups (broad SMARTS) is 1. The summed E-state index contributed by atoms with van der Waals surface area (Å²) in [4.78, 5) is 22.4. The summed E-state index contributed by atoms with van der Waals surface area (Å²) in [5.74, 6) is -1.18. The summed E-state index contributed by atoms with van der Waals surface area (Å²) in [7, 11) is 0. The van der Waals surface area contributed by atoms with Crippen LogP contribution in [0.2, 0.25) is 0 Å². The van der Waals surface area contributed by atoms with Gasteiger partial charge in [-0.3, -0.25) is 4.79 Å². The molecule has 0 rings (SSSR count). The van der Waals surface area contributed by atoms with Gasteiger partial charge in [-0.15, -0.1) is 0 Å². The van der Waals surface area contributed by atoms with Crippen molar-refractivity contribution in [1.82, 2.24) is 5.32 Å². The Morgan fingerprint density at radius 3 is 2.42 bits per heavy atom. The van der Waals surface area contributed by atoms with Crippen LogP contribution in [0.4, 0.5) is 0 Å². The second-order valence-electron chi connectivity index (χ2n) is 4.77. The van der Waals surface area contributed by atoms with Gasteiger partial charge in [-0.1, -0.05) is 51.7 Å². The van der Waals surface area contributed by atoms with Gasteiger partial charge in [0.1, 0.15) is 6.04 Å². The van der Waals surface area contributed by atoms with E-state index < -0.39 is 12.0 Å². The Labute approximate surface area is 116 Å². The lowest BCUT2D eigenvalue weighted by molar-refractivity contribution is -0.141. The second-order valence-corrected chi connectivity index (χ2v) is 4.77. The lowest BCUT2D eigenvalue weighted by Crippen LogP contribution is -2.40. The van der Waals surface area contributed by atoms with Gasteiger partial charge in [-0.05, 0) is 19.3 Å². The van der Waals surface area contributed by atoms with E-state index in [1.165, 1.54) is 19.3 Å². The van der Waals surface area contributed by atoms with E-state index in [0.717, 1.165) is 19.3 Å². The van der Waals surface area contributed by atoms with Crippen LogP contribution in [0.3, 0.4) is 0 Å². The van der Waals surface area contributed by atoms with E-state index in [1.807, 2.05) is 19.1 Å². The molecule has 0 fully saturated rings. The fourth-order valence-corrected chi connectivity index (χ4v) is 1.80. The number of aliphatic carboxylic acids is 1. The highest BCUT2D eigenvalue weighted by Crippen LogP contribution is 2.03. The van der Waals surface area contributed by atoms with Crippen molar-refractivity contribution in [1.29, 1.82) is 0 Å². The first kappa shape index (κ1) is 17.7. The molecule has 0 radical (unpaired) electrons. The number of carbonyl (C=O) groups excluding carboxylic acids is 1. The molecule has 0 aromatic carbocycles. The van der Waals surface area contributed by atoms with Crippen molar-refractivity contribution in [3.8, 4) is 0 Å². The average molecular weight is 269 g/mol. The monoisotopic (exact) mass is 269 g/mol. The minimum atomic E-state index is -0.959. The maximum absolute atomic E-state index is 11.5. The molecule has 2 N–H and O–H groups in total. The summed E-state index contributed by atoms with van der Waals surface area (Å²) in [5.41, 5.74) is 0. The van der Waals surface area contributed by atoms with E-state index in [1.54, 1.807) is 0 Å². The van der Waals surface area contributed by atoms with E-state index in [-0.39, 0.29) is 12.3 Å². The Kier molecular flexibility index (Phi) is 10.9. The van der Waals surface area contributed by atoms with Crippen LogP contribution in [0, 0.1) is 0 Å². The molecule has 0 heterocycles. The van der Waals surface area contributed by atoms with E-state index in [0.29, 0.717) is 6.42 Å². The van der Waals surface area contributed by atoms with Crippen LogP contribution in [-0.2, 0) is 9.59 Å². The summed E-state index contributed by atoms with van der Waals surface area (Å²) >= 11 is 0. The van der Waals surface area contributed by atoms with Gasteiger partial charge < -0.3 is 10.4 Å². The number of rotatable bonds is 11. The molecule has 0 aliphatic rings. The van der Waals surface area contributed by atoms with Crippen molar-refractivity contribution in [2.75, 3.05) is 0 Å². The van der Waals surface area contributed by atoms with E-state index in [4.69, 9.17) is 5.11 Å². The van der Waals surface area contributed by atoms with Crippen LogP contribution in [0.15, 0.2) is 12.2 Å². The lowest BCUT2D eigenvalue weighted by atomic mass is 10.1. The minimum Gasteiger partial charge on any atom is -0.480 e. The summed E-state index contributed by atoms with van der Waals surface area (Å²) in [6.45, 7) is 4.08. The van der Waals surface area contributed by atoms with Crippen molar-refractivity contribution in [3.05, 3.63) is 12.2 Å². The Bertz CT molecular complexity index is 287. The topological polar surface area (TPSA) is 66.4 Å². The minimum absolute atomic E-state index is 0.217. The van der Waals surface area contributed by atoms with Crippen molar-refractivity contribution < 1.29 is 14.7 Å². The Morgan fingerprint density at radius 1 is 1.11 bits per heavy atom. The van der Waals surface area contributed by atoms with Crippen molar-refractivity contribution in [3.63, 3.8) is 0 Å². The second kappa shape index (κ2) is 11.8. The van der Waals surface area contributed by atoms with Crippen molar-refractivity contribution in [2.45, 2.75) is 71.3 Å². The van der Waals surface area contributed by atoms with Gasteiger partial charge in [0, 0.05) is 6.42 Å². The Balaban J connectivity index is 3.78. The molecule has 0 saturated carbocycles. The summed E-state index contributed by atoms with van der Waals surface area (Å²) in [6, 6.07) is -0.754. The average Bonchev–Trinajstić information content (AvgIpc) is 2.37. The van der Waals surface area contributed by atoms with Gasteiger partial charge in [0.2, 0.25) is 5.91 Å². The molecule has 4 nitrogen and oxygen atoms in total. The molecular formula is C15H27NO3. The zero-order valence-electron chi connectivity index (χ0n) is 12.2. The van der Waals surface area contributed by atoms with Crippen LogP contribution in [0.1, 0.15) is 65.2 Å². The number of hydrogen-bond donors (Lipinski definition) is 2. The number of unbranched alkanes of at least 4 members (excludes halogenated alkanes) is 4. The Morgan fingerprint density at radius 2 is 1.84 bits per heavy atom. The SMILES string of the molecule is CCCCCCC=CCC(=O)N[C@@H](CCC)C(=O)O. The highest BCUT2D eigenvalue weighted by molar-refractivity contribution is 5.84. The van der Waals surface area contributed by atoms with Gasteiger partial charge in [0.25, 0.3) is 0 Å². The highest BCUT2D eigenvalue weighted by atomic mass is 16.4. The molecule has 0 bridgehead atoms. The van der Waals surface area contributed by atoms with E-state index >= 15 is 0 Å². The van der Waals surface area contributed by atoms with E-state index in [2.05, 4.69) is 12.2 Å². The number of nitrogens with one attached hydrogen (secondary N) is 1. The highest BCUT2D eigenvalue weighted by Gasteiger charge is 2.17. The van der Waals surface area contributed by atoms with Crippen LogP contribution >= 0.6 is 0 Å². The molecule has 0 unspecified atom stereocenters. The third-order valence-electron chi connectivity index (χ3n) is 2.90. The molecule has 4 heteroatoms. The molecule has 0 aromatic heterocycles. The van der Waals surface area contributed by atoms with Crippen molar-refractivity contribution in [2.24, 2.45) is 0 Å². The standard InChI is InChI=1S/C15H27NO3/c1-3-5-6-7-8-9-10-12-14(17)16-13(11-4-2)15(18)19/h9-10,13H,3-8,11-12H2,1-2H3,(H,16,17)(H,18,19)/t13-/m0/s1. The maximum atomic E-state index is 11.5. The van der Waals surface area contributed by atoms with Crippen LogP contribution in [0.25, 0.3) is 0 Å². The fourth-order valence-electron chi connectivity index (χ4n) is 1.80. The largest absolute Gasteiger partial charge is 0.480 e. The van der Waals surface area contributed by atoms with Gasteiger partial charge >= 0.3 is 5.97 Å². The first-order chi connectivity index (χ1) is 9.11. The van der Waals surface area contributed by atoms with Gasteiger partial charge in [-0.25, -0.2) is 4.79 Å². The number of carboxylic acids is 1. The smallest absolute Gasteiger partial charge is 0.326 e. The lowest BCUT2D eigenvalue weighted by Gasteiger charge is -2.12. The summed E-state index contributed by atoms with van der Waals surface area (Å²) < 4.78 is 0. The predicted molar refractivity (Wildman–Crippen MR) is 77.0 cm³/mol. The molecule has 0 aromatic rings. The van der Waals surface area contributed by atoms with Crippen LogP contribution < -0.4 is 5.32 Å². The van der Waals surface area contributed by atoms with Crippen molar-refractivity contribution >= 4 is 11.9 Å². The van der Waals surface area contributed by atoms with Crippen LogP contribution in [-0.4, -0.2) is 23.0 Å². The van der Waals surface area contributed by atoms with Gasteiger partial charge in [-0.2, -0.15) is 0 Å². The molecule has 19 heavy (non-hydrogen) atoms. The number of amides is 1. The molecule has 110 valence electrons. The fraction of sp³-hybridized carbons (Fsp3) is 0.733. The zero-order chi connectivity index (χ0) is 14.5. The van der Waals surface area contributed by atoms with E-state index in [9.17, 15) is 9.59 Å². The van der Waals surface area contributed by atoms with Crippen LogP contribution in [0.5, 0.6) is 0 Å². The molecule has 0 aliphatic carbocycles. The number of allylic oxidation sites excluding steroid dienone is 1. The molecule has 0 aliphatic heterocycles. The van der Waals surface area contributed by atoms with Gasteiger partial charge in [0.05, 0.1) is 0 Å². The molecule has 1 amide bonds. The molecule has 0 spiro atoms. The molecular weight excluding hydrogens is 242 g/mol. The first-order valence-electron chi connectivity index (χ1n) is 7.29. The normalized spacial score (nSPS) is 12.5. The summed E-state index contributed by atoms with van der Waals surface area (Å²) in [5, 5.41) is 11.5. The zero-order valence-corrected chi connectivity index (χ0v) is 12.2. The Hall–Kier alpha value is -1.32. The predicted octanol–water partition coefficient (Wildman–Crippen LogP) is 3.27. The molecule has 0 saturated heterocycles. The number of hydrogen-bond acceptors (Lipinski definition) is 2. The molecule has 1 atom stereocenters. The quantitative estimate of drug-likeness (QED) is 0.447. The third-order valence-corrected chi connectivity index (χ3v) is 2.90. The van der Waals surface area contributed by atoms with Gasteiger partial charge in [0.15, 0.2) is 0 Å². The maximum Gasteiger partial charge on any atom is 0.326 e. The number of carbonyl (C=O) groups is 2. The third kappa shape index (κ3) is 10.3. The summed E-state index contributed by atoms with van der Waals surface area (Å²) in [6.07, 6.45) is 11.2.